The van der Waals surface area contributed by atoms with Crippen LogP contribution in [0.1, 0.15) is 120 Å². The summed E-state index contributed by atoms with van der Waals surface area (Å²) in [7, 11) is 8.29. The first kappa shape index (κ1) is 78.8. The SMILES string of the molecule is CCCOc1c2cc(C[N+](C)(CCO)CCO)cc1Cc1cc(C[N+](C)(CCO)CCO)cc(c1OCCC)Cc1cc(C[N+](C)(CCO)CCO)cc(c1OCCC)Cc1cc(C[N+](C)(CCO)CCO)cc(c1OCCC)C2.[Cl-].[Cl-].[Cl-].[Cl-]. The standard InChI is InChI=1S/C64H104N4O12.4ClH/c1-9-29-77-61-53-33-49(45-65(5,13-21-69)14-22-70)34-54(61)42-56-36-51(47-67(7,17-25-73)18-26-74)38-58(63(56)79-31-11-3)44-60-40-52(48-68(8,19-27-75)20-28-76)39-59(64(60)80-32-12-4)43-57-37-50(46-66(6,15-23-71)16-24-72)35-55(41-53)62(57)78-30-10-2;;;;/h33-40,69-76H,9-32,41-48H2,1-8H3;4*1H/q+4;;;;/p-4. The maximum Gasteiger partial charge on any atom is 0.126 e. The van der Waals surface area contributed by atoms with Crippen LogP contribution in [0.2, 0.25) is 0 Å². The highest BCUT2D eigenvalue weighted by Crippen LogP contribution is 2.42. The number of benzene rings is 4. The van der Waals surface area contributed by atoms with Crippen LogP contribution < -0.4 is 68.6 Å². The van der Waals surface area contributed by atoms with E-state index >= 15 is 0 Å². The number of ether oxygens (including phenoxy) is 4. The second-order valence-corrected chi connectivity index (χ2v) is 23.8. The molecule has 8 N–H and O–H groups in total. The predicted octanol–water partition coefficient (Wildman–Crippen LogP) is -6.74. The summed E-state index contributed by atoms with van der Waals surface area (Å²) >= 11 is 0. The molecule has 16 nitrogen and oxygen atoms in total. The number of fused-ring (bicyclic) bond motifs is 8. The van der Waals surface area contributed by atoms with Gasteiger partial charge in [-0.15, -0.1) is 0 Å². The summed E-state index contributed by atoms with van der Waals surface area (Å²) in [6.07, 6.45) is 4.81. The van der Waals surface area contributed by atoms with Crippen molar-refractivity contribution >= 4 is 0 Å². The molecule has 1 aliphatic carbocycles. The summed E-state index contributed by atoms with van der Waals surface area (Å²) in [6, 6.07) is 17.9. The summed E-state index contributed by atoms with van der Waals surface area (Å²) in [4.78, 5) is 0. The lowest BCUT2D eigenvalue weighted by atomic mass is 9.88. The number of halogens is 4. The summed E-state index contributed by atoms with van der Waals surface area (Å²) in [5.74, 6) is 3.12. The van der Waals surface area contributed by atoms with Crippen LogP contribution in [-0.4, -0.2) is 219 Å². The van der Waals surface area contributed by atoms with Gasteiger partial charge in [-0.25, -0.2) is 0 Å². The topological polar surface area (TPSA) is 199 Å². The Morgan fingerprint density at radius 2 is 0.429 bits per heavy atom. The molecule has 4 aromatic carbocycles. The van der Waals surface area contributed by atoms with E-state index < -0.39 is 0 Å². The monoisotopic (exact) mass is 1260 g/mol. The molecule has 0 amide bonds. The number of hydrogen-bond acceptors (Lipinski definition) is 12. The molecular weight excluding hydrogens is 1160 g/mol. The summed E-state index contributed by atoms with van der Waals surface area (Å²) in [5.41, 5.74) is 11.9. The van der Waals surface area contributed by atoms with Crippen LogP contribution in [0.15, 0.2) is 48.5 Å². The Hall–Kier alpha value is -3.24. The molecule has 480 valence electrons. The number of rotatable bonds is 36. The van der Waals surface area contributed by atoms with Gasteiger partial charge in [0.05, 0.1) is 107 Å². The van der Waals surface area contributed by atoms with Crippen LogP contribution in [0.4, 0.5) is 0 Å². The smallest absolute Gasteiger partial charge is 0.126 e. The van der Waals surface area contributed by atoms with E-state index in [1.807, 2.05) is 0 Å². The lowest BCUT2D eigenvalue weighted by Crippen LogP contribution is -3.00. The third-order valence-corrected chi connectivity index (χ3v) is 15.9. The van der Waals surface area contributed by atoms with Crippen molar-refractivity contribution in [2.24, 2.45) is 0 Å². The fourth-order valence-corrected chi connectivity index (χ4v) is 11.9. The van der Waals surface area contributed by atoms with Gasteiger partial charge in [-0.2, -0.15) is 0 Å². The van der Waals surface area contributed by atoms with Crippen LogP contribution in [0.25, 0.3) is 0 Å². The first-order chi connectivity index (χ1) is 38.5. The van der Waals surface area contributed by atoms with E-state index in [0.717, 1.165) is 115 Å². The van der Waals surface area contributed by atoms with E-state index in [4.69, 9.17) is 18.9 Å². The summed E-state index contributed by atoms with van der Waals surface area (Å²) < 4.78 is 29.7. The first-order valence-electron chi connectivity index (χ1n) is 29.8. The van der Waals surface area contributed by atoms with E-state index in [-0.39, 0.29) is 102 Å². The van der Waals surface area contributed by atoms with Gasteiger partial charge in [0.1, 0.15) is 102 Å². The molecule has 0 spiro atoms. The van der Waals surface area contributed by atoms with Gasteiger partial charge in [-0.05, 0) is 119 Å². The van der Waals surface area contributed by atoms with Crippen LogP contribution in [0.5, 0.6) is 23.0 Å². The average molecular weight is 1260 g/mol. The van der Waals surface area contributed by atoms with Crippen molar-refractivity contribution < 1.29 is 127 Å². The second kappa shape index (κ2) is 38.9. The van der Waals surface area contributed by atoms with Crippen LogP contribution in [0.3, 0.4) is 0 Å². The molecule has 4 aromatic rings. The van der Waals surface area contributed by atoms with Gasteiger partial charge < -0.3 is 127 Å². The Labute approximate surface area is 527 Å². The van der Waals surface area contributed by atoms with Crippen molar-refractivity contribution in [1.29, 1.82) is 0 Å². The summed E-state index contributed by atoms with van der Waals surface area (Å²) in [6.45, 7) is 15.7. The third kappa shape index (κ3) is 22.7. The van der Waals surface area contributed by atoms with Gasteiger partial charge in [-0.1, -0.05) is 27.7 Å². The predicted molar refractivity (Wildman–Crippen MR) is 315 cm³/mol. The number of likely N-dealkylation sites (N-methyl/N-ethyl adjacent to an activating group) is 4. The molecule has 0 aliphatic heterocycles. The van der Waals surface area contributed by atoms with Gasteiger partial charge in [0.2, 0.25) is 0 Å². The molecule has 0 saturated heterocycles. The number of aliphatic hydroxyl groups excluding tert-OH is 8. The molecule has 20 heteroatoms. The van der Waals surface area contributed by atoms with E-state index in [0.29, 0.717) is 149 Å². The van der Waals surface area contributed by atoms with Crippen molar-refractivity contribution in [2.45, 2.75) is 105 Å². The lowest BCUT2D eigenvalue weighted by Gasteiger charge is -2.34. The number of nitrogens with zero attached hydrogens (tertiary/aromatic N) is 4. The quantitative estimate of drug-likeness (QED) is 0.0177. The minimum atomic E-state index is -0.0399. The zero-order chi connectivity index (χ0) is 58.4. The van der Waals surface area contributed by atoms with Crippen molar-refractivity contribution in [1.82, 2.24) is 0 Å². The summed E-state index contributed by atoms with van der Waals surface area (Å²) in [5, 5.41) is 83.2. The molecule has 0 radical (unpaired) electrons. The van der Waals surface area contributed by atoms with Crippen molar-refractivity contribution in [2.75, 3.05) is 160 Å². The Morgan fingerprint density at radius 3 is 0.548 bits per heavy atom. The Morgan fingerprint density at radius 1 is 0.286 bits per heavy atom. The molecular formula is C64H104Cl4N4O12. The number of aliphatic hydroxyl groups is 8. The molecule has 0 heterocycles. The minimum absolute atomic E-state index is 0. The zero-order valence-electron chi connectivity index (χ0n) is 51.8. The van der Waals surface area contributed by atoms with Gasteiger partial charge in [0.15, 0.2) is 0 Å². The Kier molecular flexibility index (Phi) is 36.5. The molecule has 0 unspecified atom stereocenters. The molecule has 0 fully saturated rings. The molecule has 0 saturated carbocycles. The Bertz CT molecular complexity index is 2090. The Balaban J connectivity index is 0.00000882. The first-order valence-corrected chi connectivity index (χ1v) is 29.8. The fraction of sp³-hybridized carbons (Fsp3) is 0.625. The molecule has 1 aliphatic rings. The van der Waals surface area contributed by atoms with Crippen molar-refractivity contribution in [3.05, 3.63) is 115 Å². The molecule has 84 heavy (non-hydrogen) atoms. The highest BCUT2D eigenvalue weighted by Gasteiger charge is 2.31. The zero-order valence-corrected chi connectivity index (χ0v) is 54.8. The van der Waals surface area contributed by atoms with E-state index in [1.54, 1.807) is 0 Å². The molecule has 0 atom stereocenters. The van der Waals surface area contributed by atoms with Crippen molar-refractivity contribution in [3.8, 4) is 23.0 Å². The van der Waals surface area contributed by atoms with Gasteiger partial charge in [0.25, 0.3) is 0 Å². The van der Waals surface area contributed by atoms with Crippen LogP contribution >= 0.6 is 0 Å². The van der Waals surface area contributed by atoms with E-state index in [9.17, 15) is 40.9 Å². The third-order valence-electron chi connectivity index (χ3n) is 15.9. The molecule has 8 bridgehead atoms. The van der Waals surface area contributed by atoms with Crippen LogP contribution in [0, 0.1) is 0 Å². The normalized spacial score (nSPS) is 12.6. The fourth-order valence-electron chi connectivity index (χ4n) is 11.9. The van der Waals surface area contributed by atoms with Gasteiger partial charge >= 0.3 is 0 Å². The van der Waals surface area contributed by atoms with Crippen LogP contribution in [-0.2, 0) is 51.9 Å². The highest BCUT2D eigenvalue weighted by molar-refractivity contribution is 5.58. The van der Waals surface area contributed by atoms with Gasteiger partial charge in [0, 0.05) is 47.9 Å². The minimum Gasteiger partial charge on any atom is -1.00 e. The average Bonchev–Trinajstić information content (AvgIpc) is 3.49. The molecule has 5 rings (SSSR count). The highest BCUT2D eigenvalue weighted by atomic mass is 35.5. The maximum absolute atomic E-state index is 10.4. The lowest BCUT2D eigenvalue weighted by molar-refractivity contribution is -0.923. The second-order valence-electron chi connectivity index (χ2n) is 23.8. The van der Waals surface area contributed by atoms with Gasteiger partial charge in [-0.3, -0.25) is 0 Å². The van der Waals surface area contributed by atoms with Crippen molar-refractivity contribution in [3.63, 3.8) is 0 Å². The number of quaternary nitrogens is 4. The largest absolute Gasteiger partial charge is 1.00 e. The van der Waals surface area contributed by atoms with E-state index in [2.05, 4.69) is 104 Å². The molecule has 0 aromatic heterocycles. The number of hydrogen-bond donors (Lipinski definition) is 8. The van der Waals surface area contributed by atoms with E-state index in [1.165, 1.54) is 0 Å². The maximum atomic E-state index is 10.4.